The van der Waals surface area contributed by atoms with E-state index >= 15 is 0 Å². The molecule has 2 nitrogen and oxygen atoms in total. The fourth-order valence-corrected chi connectivity index (χ4v) is 1.30. The molecule has 0 bridgehead atoms. The third-order valence-corrected chi connectivity index (χ3v) is 2.20. The molecule has 1 rings (SSSR count). The van der Waals surface area contributed by atoms with Crippen LogP contribution in [0.5, 0.6) is 0 Å². The van der Waals surface area contributed by atoms with Crippen LogP contribution in [0.15, 0.2) is 22.7 Å². The van der Waals surface area contributed by atoms with E-state index in [0.717, 1.165) is 4.47 Å². The fourth-order valence-electron chi connectivity index (χ4n) is 0.963. The van der Waals surface area contributed by atoms with Gasteiger partial charge in [-0.1, -0.05) is 22.0 Å². The van der Waals surface area contributed by atoms with Gasteiger partial charge in [0.15, 0.2) is 0 Å². The van der Waals surface area contributed by atoms with Gasteiger partial charge in [0.05, 0.1) is 19.8 Å². The molecule has 1 aromatic carbocycles. The quantitative estimate of drug-likeness (QED) is 0.760. The molecule has 0 aliphatic heterocycles. The van der Waals surface area contributed by atoms with Crippen molar-refractivity contribution in [2.24, 2.45) is 0 Å². The van der Waals surface area contributed by atoms with E-state index in [9.17, 15) is 4.39 Å². The predicted octanol–water partition coefficient (Wildman–Crippen LogP) is 2.75. The van der Waals surface area contributed by atoms with E-state index in [4.69, 9.17) is 9.47 Å². The Bertz CT molecular complexity index is 291. The fraction of sp³-hybridized carbons (Fsp3) is 0.400. The monoisotopic (exact) mass is 262 g/mol. The van der Waals surface area contributed by atoms with Gasteiger partial charge in [-0.25, -0.2) is 4.39 Å². The Morgan fingerprint density at radius 1 is 1.36 bits per heavy atom. The summed E-state index contributed by atoms with van der Waals surface area (Å²) in [6, 6.07) is 4.92. The highest BCUT2D eigenvalue weighted by atomic mass is 79.9. The minimum absolute atomic E-state index is 0.253. The van der Waals surface area contributed by atoms with Crippen LogP contribution in [0.3, 0.4) is 0 Å². The predicted molar refractivity (Wildman–Crippen MR) is 55.6 cm³/mol. The first-order chi connectivity index (χ1) is 6.74. The van der Waals surface area contributed by atoms with Crippen LogP contribution >= 0.6 is 15.9 Å². The van der Waals surface area contributed by atoms with Crippen molar-refractivity contribution in [3.63, 3.8) is 0 Å². The Kier molecular flexibility index (Phi) is 5.07. The van der Waals surface area contributed by atoms with Gasteiger partial charge in [0, 0.05) is 17.1 Å². The molecule has 4 heteroatoms. The summed E-state index contributed by atoms with van der Waals surface area (Å²) in [5.41, 5.74) is 0.560. The Hall–Kier alpha value is -0.450. The SMILES string of the molecule is COCCOCc1ccc(Br)cc1F. The number of benzene rings is 1. The number of halogens is 2. The highest BCUT2D eigenvalue weighted by molar-refractivity contribution is 9.10. The van der Waals surface area contributed by atoms with Crippen molar-refractivity contribution in [1.82, 2.24) is 0 Å². The molecule has 0 heterocycles. The molecular formula is C10H12BrFO2. The average molecular weight is 263 g/mol. The van der Waals surface area contributed by atoms with Crippen LogP contribution in [0.2, 0.25) is 0 Å². The summed E-state index contributed by atoms with van der Waals surface area (Å²) in [5, 5.41) is 0. The Labute approximate surface area is 91.2 Å². The maximum Gasteiger partial charge on any atom is 0.129 e. The zero-order valence-corrected chi connectivity index (χ0v) is 9.51. The van der Waals surface area contributed by atoms with Crippen molar-refractivity contribution in [3.8, 4) is 0 Å². The maximum absolute atomic E-state index is 13.2. The summed E-state index contributed by atoms with van der Waals surface area (Å²) in [5.74, 6) is -0.253. The summed E-state index contributed by atoms with van der Waals surface area (Å²) in [6.07, 6.45) is 0. The minimum Gasteiger partial charge on any atom is -0.382 e. The number of methoxy groups -OCH3 is 1. The molecular weight excluding hydrogens is 251 g/mol. The standard InChI is InChI=1S/C10H12BrFO2/c1-13-4-5-14-7-8-2-3-9(11)6-10(8)12/h2-3,6H,4-5,7H2,1H3. The van der Waals surface area contributed by atoms with Gasteiger partial charge in [0.2, 0.25) is 0 Å². The molecule has 0 aromatic heterocycles. The second kappa shape index (κ2) is 6.11. The molecule has 14 heavy (non-hydrogen) atoms. The average Bonchev–Trinajstić information content (AvgIpc) is 2.15. The van der Waals surface area contributed by atoms with Gasteiger partial charge < -0.3 is 9.47 Å². The molecule has 0 amide bonds. The normalized spacial score (nSPS) is 10.5. The molecule has 0 aliphatic carbocycles. The third-order valence-electron chi connectivity index (χ3n) is 1.70. The lowest BCUT2D eigenvalue weighted by molar-refractivity contribution is 0.0604. The van der Waals surface area contributed by atoms with E-state index in [1.165, 1.54) is 6.07 Å². The number of ether oxygens (including phenoxy) is 2. The second-order valence-electron chi connectivity index (χ2n) is 2.78. The molecule has 0 saturated heterocycles. The summed E-state index contributed by atoms with van der Waals surface area (Å²) >= 11 is 3.19. The van der Waals surface area contributed by atoms with E-state index in [2.05, 4.69) is 15.9 Å². The first kappa shape index (κ1) is 11.6. The molecule has 78 valence electrons. The van der Waals surface area contributed by atoms with Crippen LogP contribution < -0.4 is 0 Å². The third kappa shape index (κ3) is 3.74. The van der Waals surface area contributed by atoms with Crippen LogP contribution in [0.4, 0.5) is 4.39 Å². The highest BCUT2D eigenvalue weighted by Gasteiger charge is 2.02. The Morgan fingerprint density at radius 2 is 2.14 bits per heavy atom. The zero-order chi connectivity index (χ0) is 10.4. The van der Waals surface area contributed by atoms with Crippen molar-refractivity contribution >= 4 is 15.9 Å². The maximum atomic E-state index is 13.2. The molecule has 0 unspecified atom stereocenters. The van der Waals surface area contributed by atoms with Crippen LogP contribution in [-0.2, 0) is 16.1 Å². The first-order valence-corrected chi connectivity index (χ1v) is 5.04. The van der Waals surface area contributed by atoms with Crippen molar-refractivity contribution in [2.75, 3.05) is 20.3 Å². The van der Waals surface area contributed by atoms with E-state index < -0.39 is 0 Å². The highest BCUT2D eigenvalue weighted by Crippen LogP contribution is 2.15. The molecule has 0 atom stereocenters. The van der Waals surface area contributed by atoms with Gasteiger partial charge in [-0.15, -0.1) is 0 Å². The van der Waals surface area contributed by atoms with Gasteiger partial charge in [-0.05, 0) is 12.1 Å². The number of hydrogen-bond acceptors (Lipinski definition) is 2. The van der Waals surface area contributed by atoms with E-state index in [1.807, 2.05) is 0 Å². The Balaban J connectivity index is 2.42. The zero-order valence-electron chi connectivity index (χ0n) is 7.93. The smallest absolute Gasteiger partial charge is 0.129 e. The van der Waals surface area contributed by atoms with Crippen LogP contribution in [0.25, 0.3) is 0 Å². The van der Waals surface area contributed by atoms with Gasteiger partial charge in [0.1, 0.15) is 5.82 Å². The topological polar surface area (TPSA) is 18.5 Å². The molecule has 0 aliphatic rings. The summed E-state index contributed by atoms with van der Waals surface area (Å²) in [6.45, 7) is 1.28. The lowest BCUT2D eigenvalue weighted by Gasteiger charge is -2.05. The van der Waals surface area contributed by atoms with Crippen molar-refractivity contribution in [2.45, 2.75) is 6.61 Å². The van der Waals surface area contributed by atoms with E-state index in [0.29, 0.717) is 18.8 Å². The van der Waals surface area contributed by atoms with Gasteiger partial charge in [0.25, 0.3) is 0 Å². The van der Waals surface area contributed by atoms with Crippen LogP contribution in [0.1, 0.15) is 5.56 Å². The van der Waals surface area contributed by atoms with Crippen molar-refractivity contribution < 1.29 is 13.9 Å². The molecule has 0 fully saturated rings. The number of rotatable bonds is 5. The molecule has 0 N–H and O–H groups in total. The molecule has 1 aromatic rings. The largest absolute Gasteiger partial charge is 0.382 e. The van der Waals surface area contributed by atoms with Crippen molar-refractivity contribution in [1.29, 1.82) is 0 Å². The molecule has 0 radical (unpaired) electrons. The van der Waals surface area contributed by atoms with Gasteiger partial charge >= 0.3 is 0 Å². The summed E-state index contributed by atoms with van der Waals surface area (Å²) in [4.78, 5) is 0. The van der Waals surface area contributed by atoms with Crippen molar-refractivity contribution in [3.05, 3.63) is 34.1 Å². The lowest BCUT2D eigenvalue weighted by atomic mass is 10.2. The first-order valence-electron chi connectivity index (χ1n) is 4.24. The molecule has 0 spiro atoms. The lowest BCUT2D eigenvalue weighted by Crippen LogP contribution is -2.02. The number of hydrogen-bond donors (Lipinski definition) is 0. The minimum atomic E-state index is -0.253. The van der Waals surface area contributed by atoms with Gasteiger partial charge in [-0.3, -0.25) is 0 Å². The molecule has 0 saturated carbocycles. The second-order valence-corrected chi connectivity index (χ2v) is 3.70. The Morgan fingerprint density at radius 3 is 2.79 bits per heavy atom. The van der Waals surface area contributed by atoms with E-state index in [-0.39, 0.29) is 12.4 Å². The van der Waals surface area contributed by atoms with Gasteiger partial charge in [-0.2, -0.15) is 0 Å². The van der Waals surface area contributed by atoms with Crippen LogP contribution in [-0.4, -0.2) is 20.3 Å². The van der Waals surface area contributed by atoms with E-state index in [1.54, 1.807) is 19.2 Å². The van der Waals surface area contributed by atoms with Crippen LogP contribution in [0, 0.1) is 5.82 Å². The summed E-state index contributed by atoms with van der Waals surface area (Å²) in [7, 11) is 1.60. The summed E-state index contributed by atoms with van der Waals surface area (Å²) < 4.78 is 24.0.